The number of likely N-dealkylation sites (tertiary alicyclic amines) is 1. The number of nitrogens with one attached hydrogen (secondary N) is 1. The number of ether oxygens (including phenoxy) is 1. The first-order valence-electron chi connectivity index (χ1n) is 9.56. The molecule has 1 saturated heterocycles. The summed E-state index contributed by atoms with van der Waals surface area (Å²) >= 11 is 12.7. The molecule has 28 heavy (non-hydrogen) atoms. The average Bonchev–Trinajstić information content (AvgIpc) is 2.66. The van der Waals surface area contributed by atoms with Gasteiger partial charge in [0, 0.05) is 16.3 Å². The van der Waals surface area contributed by atoms with E-state index in [0.717, 1.165) is 42.7 Å². The normalized spacial score (nSPS) is 15.9. The summed E-state index contributed by atoms with van der Waals surface area (Å²) in [6.07, 6.45) is 3.29. The van der Waals surface area contributed by atoms with E-state index in [1.54, 1.807) is 19.2 Å². The first-order chi connectivity index (χ1) is 13.4. The molecule has 2 aromatic carbocycles. The molecule has 1 aliphatic heterocycles. The number of carbonyl (C=O) groups is 1. The van der Waals surface area contributed by atoms with Gasteiger partial charge in [-0.25, -0.2) is 0 Å². The molecule has 0 unspecified atom stereocenters. The maximum Gasteiger partial charge on any atom is 0.246 e. The summed E-state index contributed by atoms with van der Waals surface area (Å²) in [4.78, 5) is 15.7. The maximum absolute atomic E-state index is 13.5. The number of halogens is 2. The minimum atomic E-state index is -0.523. The Morgan fingerprint density at radius 2 is 1.75 bits per heavy atom. The summed E-state index contributed by atoms with van der Waals surface area (Å²) < 4.78 is 5.55. The Hall–Kier alpha value is -1.75. The number of anilines is 1. The second kappa shape index (κ2) is 9.17. The quantitative estimate of drug-likeness (QED) is 0.665. The summed E-state index contributed by atoms with van der Waals surface area (Å²) in [5.41, 5.74) is 3.61. The SMILES string of the molecule is COc1c(Cl)cc(Cl)cc1[C@@H](C(=O)Nc1c(C)cccc1C)N1CCCCC1. The van der Waals surface area contributed by atoms with E-state index in [1.165, 1.54) is 6.42 Å². The molecule has 0 spiro atoms. The van der Waals surface area contributed by atoms with Crippen LogP contribution in [0.5, 0.6) is 5.75 Å². The van der Waals surface area contributed by atoms with Gasteiger partial charge in [0.25, 0.3) is 0 Å². The van der Waals surface area contributed by atoms with E-state index in [-0.39, 0.29) is 5.91 Å². The van der Waals surface area contributed by atoms with Crippen molar-refractivity contribution in [3.63, 3.8) is 0 Å². The summed E-state index contributed by atoms with van der Waals surface area (Å²) in [6, 6.07) is 8.88. The smallest absolute Gasteiger partial charge is 0.246 e. The Morgan fingerprint density at radius 1 is 1.11 bits per heavy atom. The fourth-order valence-electron chi connectivity index (χ4n) is 3.88. The third-order valence-corrected chi connectivity index (χ3v) is 5.77. The van der Waals surface area contributed by atoms with Crippen molar-refractivity contribution in [1.82, 2.24) is 4.90 Å². The number of hydrogen-bond acceptors (Lipinski definition) is 3. The lowest BCUT2D eigenvalue weighted by atomic mass is 9.99. The van der Waals surface area contributed by atoms with Gasteiger partial charge in [0.2, 0.25) is 5.91 Å². The van der Waals surface area contributed by atoms with Gasteiger partial charge in [0.1, 0.15) is 11.8 Å². The molecule has 150 valence electrons. The second-order valence-electron chi connectivity index (χ2n) is 7.27. The number of methoxy groups -OCH3 is 1. The fourth-order valence-corrected chi connectivity index (χ4v) is 4.47. The number of piperidine rings is 1. The number of hydrogen-bond donors (Lipinski definition) is 1. The largest absolute Gasteiger partial charge is 0.495 e. The second-order valence-corrected chi connectivity index (χ2v) is 8.11. The molecule has 3 rings (SSSR count). The predicted molar refractivity (Wildman–Crippen MR) is 116 cm³/mol. The molecule has 0 aliphatic carbocycles. The van der Waals surface area contributed by atoms with Gasteiger partial charge in [0.15, 0.2) is 0 Å². The van der Waals surface area contributed by atoms with Gasteiger partial charge in [0.05, 0.1) is 12.1 Å². The van der Waals surface area contributed by atoms with Crippen molar-refractivity contribution in [3.05, 3.63) is 57.1 Å². The van der Waals surface area contributed by atoms with Gasteiger partial charge in [-0.1, -0.05) is 47.8 Å². The highest BCUT2D eigenvalue weighted by atomic mass is 35.5. The van der Waals surface area contributed by atoms with Crippen molar-refractivity contribution in [2.75, 3.05) is 25.5 Å². The fraction of sp³-hybridized carbons (Fsp3) is 0.409. The van der Waals surface area contributed by atoms with E-state index in [1.807, 2.05) is 32.0 Å². The predicted octanol–water partition coefficient (Wildman–Crippen LogP) is 5.78. The lowest BCUT2D eigenvalue weighted by Gasteiger charge is -2.35. The third kappa shape index (κ3) is 4.45. The Labute approximate surface area is 176 Å². The van der Waals surface area contributed by atoms with Crippen LogP contribution in [-0.4, -0.2) is 31.0 Å². The first-order valence-corrected chi connectivity index (χ1v) is 10.3. The Kier molecular flexibility index (Phi) is 6.86. The van der Waals surface area contributed by atoms with Crippen LogP contribution in [0.25, 0.3) is 0 Å². The van der Waals surface area contributed by atoms with Crippen LogP contribution in [0.15, 0.2) is 30.3 Å². The van der Waals surface area contributed by atoms with Crippen LogP contribution in [0.4, 0.5) is 5.69 Å². The molecule has 0 saturated carbocycles. The van der Waals surface area contributed by atoms with Gasteiger partial charge in [-0.05, 0) is 63.0 Å². The van der Waals surface area contributed by atoms with Gasteiger partial charge >= 0.3 is 0 Å². The van der Waals surface area contributed by atoms with Crippen molar-refractivity contribution >= 4 is 34.8 Å². The molecular weight excluding hydrogens is 395 g/mol. The van der Waals surface area contributed by atoms with Crippen LogP contribution in [0.2, 0.25) is 10.0 Å². The average molecular weight is 421 g/mol. The molecule has 0 radical (unpaired) electrons. The van der Waals surface area contributed by atoms with Crippen LogP contribution in [0.1, 0.15) is 42.0 Å². The minimum absolute atomic E-state index is 0.101. The zero-order valence-electron chi connectivity index (χ0n) is 16.5. The number of amides is 1. The lowest BCUT2D eigenvalue weighted by Crippen LogP contribution is -2.40. The number of rotatable bonds is 5. The molecule has 0 bridgehead atoms. The topological polar surface area (TPSA) is 41.6 Å². The van der Waals surface area contributed by atoms with Crippen molar-refractivity contribution in [1.29, 1.82) is 0 Å². The van der Waals surface area contributed by atoms with Crippen LogP contribution >= 0.6 is 23.2 Å². The number of aryl methyl sites for hydroxylation is 2. The molecule has 2 aromatic rings. The van der Waals surface area contributed by atoms with Crippen molar-refractivity contribution < 1.29 is 9.53 Å². The zero-order chi connectivity index (χ0) is 20.3. The number of benzene rings is 2. The molecule has 1 fully saturated rings. The Balaban J connectivity index is 2.04. The standard InChI is InChI=1S/C22H26Cl2N2O2/c1-14-8-7-9-15(2)19(14)25-22(27)20(26-10-5-4-6-11-26)17-12-16(23)13-18(24)21(17)28-3/h7-9,12-13,20H,4-6,10-11H2,1-3H3,(H,25,27)/t20-/m0/s1. The Bertz CT molecular complexity index is 844. The molecule has 1 heterocycles. The summed E-state index contributed by atoms with van der Waals surface area (Å²) in [5.74, 6) is 0.397. The molecule has 1 N–H and O–H groups in total. The van der Waals surface area contributed by atoms with Gasteiger partial charge in [-0.15, -0.1) is 0 Å². The van der Waals surface area contributed by atoms with Crippen LogP contribution in [0, 0.1) is 13.8 Å². The van der Waals surface area contributed by atoms with Gasteiger partial charge < -0.3 is 10.1 Å². The number of carbonyl (C=O) groups excluding carboxylic acids is 1. The summed E-state index contributed by atoms with van der Waals surface area (Å²) in [7, 11) is 1.56. The first kappa shape index (κ1) is 21.0. The summed E-state index contributed by atoms with van der Waals surface area (Å²) in [5, 5.41) is 4.04. The molecular formula is C22H26Cl2N2O2. The van der Waals surface area contributed by atoms with E-state index in [9.17, 15) is 4.79 Å². The van der Waals surface area contributed by atoms with Crippen LogP contribution in [-0.2, 0) is 4.79 Å². The van der Waals surface area contributed by atoms with E-state index in [4.69, 9.17) is 27.9 Å². The number of para-hydroxylation sites is 1. The minimum Gasteiger partial charge on any atom is -0.495 e. The van der Waals surface area contributed by atoms with E-state index >= 15 is 0 Å². The zero-order valence-corrected chi connectivity index (χ0v) is 18.0. The third-order valence-electron chi connectivity index (χ3n) is 5.27. The highest BCUT2D eigenvalue weighted by Crippen LogP contribution is 2.39. The van der Waals surface area contributed by atoms with Gasteiger partial charge in [-0.2, -0.15) is 0 Å². The molecule has 1 aliphatic rings. The van der Waals surface area contributed by atoms with Crippen LogP contribution < -0.4 is 10.1 Å². The van der Waals surface area contributed by atoms with Crippen molar-refractivity contribution in [2.24, 2.45) is 0 Å². The monoisotopic (exact) mass is 420 g/mol. The lowest BCUT2D eigenvalue weighted by molar-refractivity contribution is -0.122. The van der Waals surface area contributed by atoms with E-state index in [2.05, 4.69) is 10.2 Å². The van der Waals surface area contributed by atoms with Crippen LogP contribution in [0.3, 0.4) is 0 Å². The molecule has 0 aromatic heterocycles. The van der Waals surface area contributed by atoms with Crippen molar-refractivity contribution in [2.45, 2.75) is 39.2 Å². The Morgan fingerprint density at radius 3 is 2.36 bits per heavy atom. The highest BCUT2D eigenvalue weighted by molar-refractivity contribution is 6.35. The molecule has 1 atom stereocenters. The highest BCUT2D eigenvalue weighted by Gasteiger charge is 2.32. The van der Waals surface area contributed by atoms with Crippen molar-refractivity contribution in [3.8, 4) is 5.75 Å². The molecule has 4 nitrogen and oxygen atoms in total. The summed E-state index contributed by atoms with van der Waals surface area (Å²) in [6.45, 7) is 5.68. The maximum atomic E-state index is 13.5. The van der Waals surface area contributed by atoms with E-state index in [0.29, 0.717) is 21.4 Å². The van der Waals surface area contributed by atoms with E-state index < -0.39 is 6.04 Å². The number of nitrogens with zero attached hydrogens (tertiary/aromatic N) is 1. The molecule has 1 amide bonds. The molecule has 6 heteroatoms. The van der Waals surface area contributed by atoms with Gasteiger partial charge in [-0.3, -0.25) is 9.69 Å².